The molecule has 0 atom stereocenters. The zero-order valence-corrected chi connectivity index (χ0v) is 16.8. The Hall–Kier alpha value is -2.05. The second-order valence-corrected chi connectivity index (χ2v) is 8.40. The average molecular weight is 394 g/mol. The molecule has 0 amide bonds. The molecule has 0 spiro atoms. The lowest BCUT2D eigenvalue weighted by Gasteiger charge is -2.12. The molecule has 5 nitrogen and oxygen atoms in total. The van der Waals surface area contributed by atoms with Crippen LogP contribution in [0.1, 0.15) is 23.6 Å². The number of halogens is 1. The number of hydrogen-bond donors (Lipinski definition) is 2. The standard InChI is InChI=1S/C19H24ClN3O2S/c1-4-21-19(23-13-16-7-5-6-8-17(16)20)22-12-15-9-10-18(14(2)11-15)26(3,24)25/h5-11H,4,12-13H2,1-3H3,(H2,21,22,23). The second kappa shape index (κ2) is 9.05. The maximum atomic E-state index is 11.7. The van der Waals surface area contributed by atoms with Crippen molar-refractivity contribution in [2.45, 2.75) is 31.8 Å². The van der Waals surface area contributed by atoms with Crippen molar-refractivity contribution < 1.29 is 8.42 Å². The fraction of sp³-hybridized carbons (Fsp3) is 0.316. The Morgan fingerprint density at radius 3 is 2.50 bits per heavy atom. The van der Waals surface area contributed by atoms with Crippen LogP contribution in [0.3, 0.4) is 0 Å². The van der Waals surface area contributed by atoms with Gasteiger partial charge >= 0.3 is 0 Å². The Morgan fingerprint density at radius 1 is 1.15 bits per heavy atom. The van der Waals surface area contributed by atoms with Gasteiger partial charge in [-0.05, 0) is 42.7 Å². The summed E-state index contributed by atoms with van der Waals surface area (Å²) in [6.45, 7) is 5.54. The summed E-state index contributed by atoms with van der Waals surface area (Å²) in [6.07, 6.45) is 1.22. The third kappa shape index (κ3) is 5.75. The van der Waals surface area contributed by atoms with Crippen LogP contribution >= 0.6 is 11.6 Å². The fourth-order valence-corrected chi connectivity index (χ4v) is 3.72. The van der Waals surface area contributed by atoms with E-state index in [1.54, 1.807) is 19.1 Å². The van der Waals surface area contributed by atoms with Crippen LogP contribution in [0.25, 0.3) is 0 Å². The number of rotatable bonds is 6. The highest BCUT2D eigenvalue weighted by Crippen LogP contribution is 2.17. The molecule has 2 N–H and O–H groups in total. The van der Waals surface area contributed by atoms with E-state index < -0.39 is 9.84 Å². The molecule has 0 heterocycles. The topological polar surface area (TPSA) is 70.6 Å². The summed E-state index contributed by atoms with van der Waals surface area (Å²) >= 11 is 6.18. The van der Waals surface area contributed by atoms with E-state index in [0.29, 0.717) is 29.0 Å². The van der Waals surface area contributed by atoms with Gasteiger partial charge in [0.15, 0.2) is 15.8 Å². The number of guanidine groups is 1. The van der Waals surface area contributed by atoms with E-state index in [1.165, 1.54) is 6.26 Å². The number of sulfone groups is 1. The molecule has 140 valence electrons. The first kappa shape index (κ1) is 20.3. The SMILES string of the molecule is CCNC(=NCc1ccc(S(C)(=O)=O)c(C)c1)NCc1ccccc1Cl. The van der Waals surface area contributed by atoms with Crippen LogP contribution in [0.5, 0.6) is 0 Å². The first-order chi connectivity index (χ1) is 12.3. The molecule has 2 aromatic carbocycles. The van der Waals surface area contributed by atoms with Gasteiger partial charge in [-0.1, -0.05) is 41.9 Å². The van der Waals surface area contributed by atoms with Crippen molar-refractivity contribution in [2.75, 3.05) is 12.8 Å². The highest BCUT2D eigenvalue weighted by atomic mass is 35.5. The van der Waals surface area contributed by atoms with E-state index in [-0.39, 0.29) is 0 Å². The van der Waals surface area contributed by atoms with Crippen LogP contribution in [-0.2, 0) is 22.9 Å². The van der Waals surface area contributed by atoms with Gasteiger partial charge in [-0.25, -0.2) is 13.4 Å². The lowest BCUT2D eigenvalue weighted by molar-refractivity contribution is 0.601. The molecule has 0 fully saturated rings. The monoisotopic (exact) mass is 393 g/mol. The molecule has 0 aliphatic carbocycles. The largest absolute Gasteiger partial charge is 0.357 e. The van der Waals surface area contributed by atoms with Crippen molar-refractivity contribution in [3.63, 3.8) is 0 Å². The van der Waals surface area contributed by atoms with Crippen LogP contribution in [0, 0.1) is 6.92 Å². The Morgan fingerprint density at radius 2 is 1.88 bits per heavy atom. The maximum absolute atomic E-state index is 11.7. The molecule has 0 aromatic heterocycles. The summed E-state index contributed by atoms with van der Waals surface area (Å²) in [4.78, 5) is 4.92. The van der Waals surface area contributed by atoms with Crippen molar-refractivity contribution >= 4 is 27.4 Å². The summed E-state index contributed by atoms with van der Waals surface area (Å²) in [7, 11) is -3.21. The van der Waals surface area contributed by atoms with Crippen molar-refractivity contribution in [2.24, 2.45) is 4.99 Å². The lowest BCUT2D eigenvalue weighted by atomic mass is 10.1. The van der Waals surface area contributed by atoms with Gasteiger partial charge in [-0.2, -0.15) is 0 Å². The van der Waals surface area contributed by atoms with Crippen LogP contribution in [0.2, 0.25) is 5.02 Å². The Balaban J connectivity index is 2.09. The lowest BCUT2D eigenvalue weighted by Crippen LogP contribution is -2.36. The van der Waals surface area contributed by atoms with E-state index >= 15 is 0 Å². The van der Waals surface area contributed by atoms with Crippen LogP contribution < -0.4 is 10.6 Å². The molecule has 0 aliphatic rings. The molecule has 2 rings (SSSR count). The molecule has 0 radical (unpaired) electrons. The van der Waals surface area contributed by atoms with E-state index in [1.807, 2.05) is 37.3 Å². The Bertz CT molecular complexity index is 895. The van der Waals surface area contributed by atoms with E-state index in [0.717, 1.165) is 23.2 Å². The van der Waals surface area contributed by atoms with Crippen LogP contribution in [0.4, 0.5) is 0 Å². The number of hydrogen-bond acceptors (Lipinski definition) is 3. The minimum Gasteiger partial charge on any atom is -0.357 e. The summed E-state index contributed by atoms with van der Waals surface area (Å²) in [6, 6.07) is 13.0. The number of benzene rings is 2. The predicted molar refractivity (Wildman–Crippen MR) is 107 cm³/mol. The summed E-state index contributed by atoms with van der Waals surface area (Å²) in [5, 5.41) is 7.16. The van der Waals surface area contributed by atoms with E-state index in [2.05, 4.69) is 15.6 Å². The number of aryl methyl sites for hydroxylation is 1. The molecule has 0 unspecified atom stereocenters. The van der Waals surface area contributed by atoms with Gasteiger partial charge in [0, 0.05) is 24.4 Å². The Labute approximate surface area is 160 Å². The highest BCUT2D eigenvalue weighted by Gasteiger charge is 2.10. The predicted octanol–water partition coefficient (Wildman–Crippen LogP) is 3.31. The van der Waals surface area contributed by atoms with Gasteiger partial charge in [-0.15, -0.1) is 0 Å². The van der Waals surface area contributed by atoms with Crippen LogP contribution in [0.15, 0.2) is 52.4 Å². The van der Waals surface area contributed by atoms with Crippen molar-refractivity contribution in [1.82, 2.24) is 10.6 Å². The normalized spacial score (nSPS) is 12.1. The number of nitrogens with one attached hydrogen (secondary N) is 2. The third-order valence-electron chi connectivity index (χ3n) is 3.81. The quantitative estimate of drug-likeness (QED) is 0.583. The zero-order valence-electron chi connectivity index (χ0n) is 15.2. The van der Waals surface area contributed by atoms with E-state index in [9.17, 15) is 8.42 Å². The van der Waals surface area contributed by atoms with Crippen molar-refractivity contribution in [3.8, 4) is 0 Å². The van der Waals surface area contributed by atoms with Crippen LogP contribution in [-0.4, -0.2) is 27.2 Å². The van der Waals surface area contributed by atoms with Gasteiger partial charge < -0.3 is 10.6 Å². The summed E-state index contributed by atoms with van der Waals surface area (Å²) in [5.74, 6) is 0.678. The minimum atomic E-state index is -3.21. The van der Waals surface area contributed by atoms with Crippen molar-refractivity contribution in [3.05, 3.63) is 64.2 Å². The average Bonchev–Trinajstić information content (AvgIpc) is 2.57. The van der Waals surface area contributed by atoms with Gasteiger partial charge in [0.2, 0.25) is 0 Å². The number of nitrogens with zero attached hydrogens (tertiary/aromatic N) is 1. The molecular weight excluding hydrogens is 370 g/mol. The summed E-state index contributed by atoms with van der Waals surface area (Å²) in [5.41, 5.74) is 2.67. The molecule has 2 aromatic rings. The maximum Gasteiger partial charge on any atom is 0.191 e. The van der Waals surface area contributed by atoms with Crippen molar-refractivity contribution in [1.29, 1.82) is 0 Å². The second-order valence-electron chi connectivity index (χ2n) is 6.01. The first-order valence-electron chi connectivity index (χ1n) is 8.36. The molecule has 0 aliphatic heterocycles. The first-order valence-corrected chi connectivity index (χ1v) is 10.6. The fourth-order valence-electron chi connectivity index (χ4n) is 2.56. The summed E-state index contributed by atoms with van der Waals surface area (Å²) < 4.78 is 23.4. The molecule has 26 heavy (non-hydrogen) atoms. The van der Waals surface area contributed by atoms with Gasteiger partial charge in [0.05, 0.1) is 11.4 Å². The smallest absolute Gasteiger partial charge is 0.191 e. The Kier molecular flexibility index (Phi) is 7.06. The van der Waals surface area contributed by atoms with Gasteiger partial charge in [0.25, 0.3) is 0 Å². The minimum absolute atomic E-state index is 0.356. The van der Waals surface area contributed by atoms with Gasteiger partial charge in [-0.3, -0.25) is 0 Å². The molecule has 7 heteroatoms. The highest BCUT2D eigenvalue weighted by molar-refractivity contribution is 7.90. The van der Waals surface area contributed by atoms with Gasteiger partial charge in [0.1, 0.15) is 0 Å². The molecule has 0 bridgehead atoms. The molecular formula is C19H24ClN3O2S. The van der Waals surface area contributed by atoms with E-state index in [4.69, 9.17) is 11.6 Å². The zero-order chi connectivity index (χ0) is 19.2. The molecule has 0 saturated heterocycles. The third-order valence-corrected chi connectivity index (χ3v) is 5.43. The molecule has 0 saturated carbocycles. The number of aliphatic imine (C=N–C) groups is 1.